The number of aromatic nitrogens is 2. The molecule has 1 amide bonds. The lowest BCUT2D eigenvalue weighted by Crippen LogP contribution is -2.58. The predicted molar refractivity (Wildman–Crippen MR) is 78.6 cm³/mol. The summed E-state index contributed by atoms with van der Waals surface area (Å²) in [6.07, 6.45) is 4.86. The summed E-state index contributed by atoms with van der Waals surface area (Å²) < 4.78 is 0. The van der Waals surface area contributed by atoms with Crippen molar-refractivity contribution in [3.8, 4) is 0 Å². The quantitative estimate of drug-likeness (QED) is 0.692. The van der Waals surface area contributed by atoms with Gasteiger partial charge in [0.05, 0.1) is 5.54 Å². The molecule has 0 saturated heterocycles. The van der Waals surface area contributed by atoms with Gasteiger partial charge in [-0.2, -0.15) is 0 Å². The molecule has 1 aliphatic rings. The van der Waals surface area contributed by atoms with Gasteiger partial charge in [-0.1, -0.05) is 18.7 Å². The van der Waals surface area contributed by atoms with E-state index in [-0.39, 0.29) is 16.7 Å². The highest BCUT2D eigenvalue weighted by Crippen LogP contribution is 2.36. The zero-order valence-corrected chi connectivity index (χ0v) is 12.3. The molecule has 0 aromatic carbocycles. The van der Waals surface area contributed by atoms with Crippen molar-refractivity contribution in [2.45, 2.75) is 48.6 Å². The molecule has 2 atom stereocenters. The Morgan fingerprint density at radius 2 is 2.50 bits per heavy atom. The topological polar surface area (TPSA) is 101 Å². The van der Waals surface area contributed by atoms with Gasteiger partial charge in [-0.15, -0.1) is 0 Å². The first kappa shape index (κ1) is 15.1. The summed E-state index contributed by atoms with van der Waals surface area (Å²) in [4.78, 5) is 29.9. The molecule has 0 bridgehead atoms. The van der Waals surface area contributed by atoms with E-state index in [0.717, 1.165) is 19.3 Å². The molecule has 6 nitrogen and oxygen atoms in total. The average molecular weight is 296 g/mol. The van der Waals surface area contributed by atoms with Crippen molar-refractivity contribution in [2.24, 2.45) is 5.73 Å². The molecule has 1 aromatic rings. The fourth-order valence-corrected chi connectivity index (χ4v) is 3.95. The van der Waals surface area contributed by atoms with Crippen LogP contribution in [0.1, 0.15) is 32.6 Å². The molecule has 1 fully saturated rings. The van der Waals surface area contributed by atoms with Crippen LogP contribution in [0.5, 0.6) is 0 Å². The van der Waals surface area contributed by atoms with Crippen LogP contribution in [0.3, 0.4) is 0 Å². The highest BCUT2D eigenvalue weighted by molar-refractivity contribution is 7.99. The van der Waals surface area contributed by atoms with Gasteiger partial charge in [0.25, 0.3) is 5.56 Å². The standard InChI is InChI=1S/C13H20N4O2S/c1-2-16-13(11(14)19)6-3-4-9(8-13)20-12-15-7-5-10(18)17-12/h5,7,9,16H,2-4,6,8H2,1H3,(H2,14,19)(H,15,17,18). The van der Waals surface area contributed by atoms with Crippen molar-refractivity contribution in [3.05, 3.63) is 22.6 Å². The molecule has 0 spiro atoms. The molecule has 110 valence electrons. The number of rotatable bonds is 5. The number of nitrogens with one attached hydrogen (secondary N) is 2. The minimum absolute atomic E-state index is 0.161. The van der Waals surface area contributed by atoms with Crippen molar-refractivity contribution < 1.29 is 4.79 Å². The molecular weight excluding hydrogens is 276 g/mol. The first-order valence-corrected chi connectivity index (χ1v) is 7.70. The van der Waals surface area contributed by atoms with Crippen LogP contribution < -0.4 is 16.6 Å². The van der Waals surface area contributed by atoms with Gasteiger partial charge in [0.15, 0.2) is 5.16 Å². The van der Waals surface area contributed by atoms with E-state index in [1.54, 1.807) is 0 Å². The fourth-order valence-electron chi connectivity index (χ4n) is 2.70. The van der Waals surface area contributed by atoms with E-state index in [2.05, 4.69) is 15.3 Å². The van der Waals surface area contributed by atoms with Crippen LogP contribution in [0.4, 0.5) is 0 Å². The van der Waals surface area contributed by atoms with Crippen molar-refractivity contribution in [2.75, 3.05) is 6.54 Å². The SMILES string of the molecule is CCNC1(C(N)=O)CCCC(Sc2nccc(=O)[nH]2)C1. The maximum absolute atomic E-state index is 11.8. The minimum Gasteiger partial charge on any atom is -0.368 e. The van der Waals surface area contributed by atoms with Crippen LogP contribution in [-0.2, 0) is 4.79 Å². The number of thioether (sulfide) groups is 1. The molecule has 0 radical (unpaired) electrons. The third-order valence-electron chi connectivity index (χ3n) is 3.62. The molecule has 1 saturated carbocycles. The van der Waals surface area contributed by atoms with E-state index in [4.69, 9.17) is 5.73 Å². The summed E-state index contributed by atoms with van der Waals surface area (Å²) in [5.41, 5.74) is 4.80. The summed E-state index contributed by atoms with van der Waals surface area (Å²) in [6, 6.07) is 1.39. The van der Waals surface area contributed by atoms with Gasteiger partial charge in [0.2, 0.25) is 5.91 Å². The number of H-pyrrole nitrogens is 1. The Morgan fingerprint density at radius 1 is 1.70 bits per heavy atom. The number of likely N-dealkylation sites (N-methyl/N-ethyl adjacent to an activating group) is 1. The molecule has 2 rings (SSSR count). The monoisotopic (exact) mass is 296 g/mol. The summed E-state index contributed by atoms with van der Waals surface area (Å²) in [5, 5.41) is 4.06. The van der Waals surface area contributed by atoms with Crippen molar-refractivity contribution in [1.82, 2.24) is 15.3 Å². The van der Waals surface area contributed by atoms with Crippen LogP contribution in [0.2, 0.25) is 0 Å². The number of primary amides is 1. The number of hydrogen-bond donors (Lipinski definition) is 3. The van der Waals surface area contributed by atoms with Crippen molar-refractivity contribution in [3.63, 3.8) is 0 Å². The van der Waals surface area contributed by atoms with Crippen molar-refractivity contribution >= 4 is 17.7 Å². The maximum Gasteiger partial charge on any atom is 0.251 e. The highest BCUT2D eigenvalue weighted by Gasteiger charge is 2.41. The average Bonchev–Trinajstić information content (AvgIpc) is 2.39. The Hall–Kier alpha value is -1.34. The van der Waals surface area contributed by atoms with Crippen LogP contribution >= 0.6 is 11.8 Å². The smallest absolute Gasteiger partial charge is 0.251 e. The van der Waals surface area contributed by atoms with E-state index in [1.165, 1.54) is 24.0 Å². The maximum atomic E-state index is 11.8. The van der Waals surface area contributed by atoms with Crippen LogP contribution in [0.25, 0.3) is 0 Å². The first-order chi connectivity index (χ1) is 9.55. The Kier molecular flexibility index (Phi) is 4.82. The molecule has 2 unspecified atom stereocenters. The normalized spacial score (nSPS) is 26.4. The van der Waals surface area contributed by atoms with Crippen LogP contribution in [0, 0.1) is 0 Å². The van der Waals surface area contributed by atoms with Gasteiger partial charge >= 0.3 is 0 Å². The van der Waals surface area contributed by atoms with Gasteiger partial charge < -0.3 is 16.0 Å². The lowest BCUT2D eigenvalue weighted by molar-refractivity contribution is -0.125. The fraction of sp³-hybridized carbons (Fsp3) is 0.615. The largest absolute Gasteiger partial charge is 0.368 e. The van der Waals surface area contributed by atoms with Crippen molar-refractivity contribution in [1.29, 1.82) is 0 Å². The zero-order chi connectivity index (χ0) is 14.6. The molecule has 20 heavy (non-hydrogen) atoms. The molecule has 4 N–H and O–H groups in total. The Balaban J connectivity index is 2.10. The number of amides is 1. The number of hydrogen-bond acceptors (Lipinski definition) is 5. The Labute approximate surface area is 121 Å². The third-order valence-corrected chi connectivity index (χ3v) is 4.79. The minimum atomic E-state index is -0.625. The lowest BCUT2D eigenvalue weighted by atomic mass is 9.80. The van der Waals surface area contributed by atoms with Gasteiger partial charge in [-0.3, -0.25) is 9.59 Å². The van der Waals surface area contributed by atoms with Gasteiger partial charge in [-0.05, 0) is 32.2 Å². The third kappa shape index (κ3) is 3.40. The number of carbonyl (C=O) groups is 1. The lowest BCUT2D eigenvalue weighted by Gasteiger charge is -2.38. The van der Waals surface area contributed by atoms with E-state index in [9.17, 15) is 9.59 Å². The van der Waals surface area contributed by atoms with Gasteiger partial charge in [-0.25, -0.2) is 4.98 Å². The molecular formula is C13H20N4O2S. The second-order valence-corrected chi connectivity index (χ2v) is 6.34. The van der Waals surface area contributed by atoms with E-state index in [1.807, 2.05) is 6.92 Å². The number of nitrogens with zero attached hydrogens (tertiary/aromatic N) is 1. The van der Waals surface area contributed by atoms with E-state index in [0.29, 0.717) is 18.1 Å². The van der Waals surface area contributed by atoms with Gasteiger partial charge in [0.1, 0.15) is 0 Å². The number of carbonyl (C=O) groups excluding carboxylic acids is 1. The first-order valence-electron chi connectivity index (χ1n) is 6.82. The molecule has 1 heterocycles. The Bertz CT molecular complexity index is 529. The van der Waals surface area contributed by atoms with E-state index >= 15 is 0 Å². The molecule has 0 aliphatic heterocycles. The second kappa shape index (κ2) is 6.41. The zero-order valence-electron chi connectivity index (χ0n) is 11.5. The highest BCUT2D eigenvalue weighted by atomic mass is 32.2. The second-order valence-electron chi connectivity index (χ2n) is 5.05. The van der Waals surface area contributed by atoms with Crippen LogP contribution in [-0.4, -0.2) is 33.2 Å². The summed E-state index contributed by atoms with van der Waals surface area (Å²) in [5.74, 6) is -0.292. The molecule has 1 aliphatic carbocycles. The number of nitrogens with two attached hydrogens (primary N) is 1. The summed E-state index contributed by atoms with van der Waals surface area (Å²) >= 11 is 1.51. The Morgan fingerprint density at radius 3 is 3.15 bits per heavy atom. The van der Waals surface area contributed by atoms with Crippen LogP contribution in [0.15, 0.2) is 22.2 Å². The van der Waals surface area contributed by atoms with E-state index < -0.39 is 5.54 Å². The number of aromatic amines is 1. The van der Waals surface area contributed by atoms with Gasteiger partial charge in [0, 0.05) is 17.5 Å². The predicted octanol–water partition coefficient (Wildman–Crippen LogP) is 0.638. The molecule has 7 heteroatoms. The summed E-state index contributed by atoms with van der Waals surface area (Å²) in [6.45, 7) is 2.68. The molecule has 1 aromatic heterocycles. The summed E-state index contributed by atoms with van der Waals surface area (Å²) in [7, 11) is 0.